The molecular formula is C48H43N3O4. The second kappa shape index (κ2) is 14.2. The minimum Gasteiger partial charge on any atom is -0.271 e. The first-order valence-corrected chi connectivity index (χ1v) is 20.3. The Morgan fingerprint density at radius 1 is 0.545 bits per heavy atom. The van der Waals surface area contributed by atoms with Crippen LogP contribution in [0.4, 0.5) is 0 Å². The van der Waals surface area contributed by atoms with Crippen LogP contribution >= 0.6 is 0 Å². The molecule has 2 aliphatic carbocycles. The maximum atomic E-state index is 14.6. The summed E-state index contributed by atoms with van der Waals surface area (Å²) in [6, 6.07) is 13.3. The lowest BCUT2D eigenvalue weighted by Crippen LogP contribution is -2.48. The van der Waals surface area contributed by atoms with E-state index < -0.39 is 0 Å². The fourth-order valence-electron chi connectivity index (χ4n) is 9.88. The third-order valence-electron chi connectivity index (χ3n) is 12.5. The zero-order valence-electron chi connectivity index (χ0n) is 31.4. The molecule has 5 aromatic rings. The number of imide groups is 2. The van der Waals surface area contributed by atoms with Crippen LogP contribution in [0, 0.1) is 35.0 Å². The number of hydrogen-bond donors (Lipinski definition) is 0. The van der Waals surface area contributed by atoms with Crippen molar-refractivity contribution in [3.05, 3.63) is 69.8 Å². The summed E-state index contributed by atoms with van der Waals surface area (Å²) >= 11 is 0. The normalized spacial score (nSPS) is 17.6. The van der Waals surface area contributed by atoms with Gasteiger partial charge in [0.25, 0.3) is 23.6 Å². The molecule has 2 heterocycles. The number of benzene rings is 5. The molecule has 55 heavy (non-hydrogen) atoms. The molecule has 2 fully saturated rings. The lowest BCUT2D eigenvalue weighted by Gasteiger charge is -2.37. The van der Waals surface area contributed by atoms with Crippen LogP contribution in [0.3, 0.4) is 0 Å². The molecule has 0 atom stereocenters. The van der Waals surface area contributed by atoms with E-state index in [-0.39, 0.29) is 35.7 Å². The van der Waals surface area contributed by atoms with Gasteiger partial charge in [-0.3, -0.25) is 29.0 Å². The average Bonchev–Trinajstić information content (AvgIpc) is 3.21. The van der Waals surface area contributed by atoms with Gasteiger partial charge in [0, 0.05) is 97.0 Å². The van der Waals surface area contributed by atoms with Gasteiger partial charge in [-0.1, -0.05) is 87.7 Å². The number of amides is 4. The number of hydrogen-bond acceptors (Lipinski definition) is 5. The van der Waals surface area contributed by atoms with Gasteiger partial charge in [0.1, 0.15) is 0 Å². The molecule has 7 nitrogen and oxygen atoms in total. The molecule has 2 aliphatic heterocycles. The summed E-state index contributed by atoms with van der Waals surface area (Å²) in [5.41, 5.74) is 3.34. The first-order valence-electron chi connectivity index (χ1n) is 20.3. The molecule has 4 aliphatic rings. The Morgan fingerprint density at radius 2 is 0.982 bits per heavy atom. The smallest absolute Gasteiger partial charge is 0.261 e. The van der Waals surface area contributed by atoms with Crippen molar-refractivity contribution >= 4 is 66.7 Å². The summed E-state index contributed by atoms with van der Waals surface area (Å²) in [5.74, 6) is 12.5. The third kappa shape index (κ3) is 5.49. The molecule has 0 N–H and O–H groups in total. The molecule has 0 saturated heterocycles. The van der Waals surface area contributed by atoms with Crippen LogP contribution in [0.2, 0.25) is 0 Å². The van der Waals surface area contributed by atoms with Crippen molar-refractivity contribution in [2.45, 2.75) is 122 Å². The van der Waals surface area contributed by atoms with Crippen molar-refractivity contribution in [2.75, 3.05) is 0 Å². The van der Waals surface area contributed by atoms with E-state index in [1.165, 1.54) is 9.80 Å². The lowest BCUT2D eigenvalue weighted by molar-refractivity contribution is 0.0487. The van der Waals surface area contributed by atoms with E-state index in [1.807, 2.05) is 36.4 Å². The quantitative estimate of drug-likeness (QED) is 0.0571. The highest BCUT2D eigenvalue weighted by molar-refractivity contribution is 6.42. The van der Waals surface area contributed by atoms with E-state index >= 15 is 0 Å². The lowest BCUT2D eigenvalue weighted by atomic mass is 9.78. The van der Waals surface area contributed by atoms with E-state index in [0.29, 0.717) is 69.8 Å². The van der Waals surface area contributed by atoms with E-state index in [9.17, 15) is 19.2 Å². The monoisotopic (exact) mass is 725 g/mol. The van der Waals surface area contributed by atoms with Crippen LogP contribution in [0.15, 0.2) is 36.4 Å². The van der Waals surface area contributed by atoms with E-state index in [2.05, 4.69) is 36.7 Å². The number of nitrogens with zero attached hydrogens (tertiary/aromatic N) is 3. The van der Waals surface area contributed by atoms with E-state index in [4.69, 9.17) is 5.26 Å². The Morgan fingerprint density at radius 3 is 1.42 bits per heavy atom. The average molecular weight is 726 g/mol. The molecule has 274 valence electrons. The molecule has 5 aromatic carbocycles. The van der Waals surface area contributed by atoms with Crippen molar-refractivity contribution in [1.29, 1.82) is 5.26 Å². The van der Waals surface area contributed by atoms with Crippen LogP contribution in [-0.2, 0) is 0 Å². The van der Waals surface area contributed by atoms with Crippen molar-refractivity contribution in [2.24, 2.45) is 0 Å². The Bertz CT molecular complexity index is 2650. The Balaban J connectivity index is 1.38. The number of unbranched alkanes of at least 4 members (excludes halogenated alkanes) is 4. The standard InChI is InChI=1S/C48H43N3O4/c1-2-3-4-9-16-29-27-37-41-35(45(52)50(47(37)54)31-18-11-7-12-19-31)25-23-34-40-30(17-10-5-6-15-26-49)28-38-42-36(24-22-33(44(40)42)39(29)43(34)41)46(53)51(48(38)55)32-20-13-8-14-21-32/h22-25,27-28,31-32H,2-8,11-15,18-21H2,1H3. The highest BCUT2D eigenvalue weighted by Gasteiger charge is 2.42. The van der Waals surface area contributed by atoms with Crippen molar-refractivity contribution < 1.29 is 19.2 Å². The largest absolute Gasteiger partial charge is 0.271 e. The third-order valence-corrected chi connectivity index (χ3v) is 12.5. The fourth-order valence-corrected chi connectivity index (χ4v) is 9.88. The highest BCUT2D eigenvalue weighted by atomic mass is 16.2. The predicted molar refractivity (Wildman–Crippen MR) is 215 cm³/mol. The zero-order valence-corrected chi connectivity index (χ0v) is 31.4. The summed E-state index contributed by atoms with van der Waals surface area (Å²) < 4.78 is 0. The number of rotatable bonds is 6. The predicted octanol–water partition coefficient (Wildman–Crippen LogP) is 10.2. The minimum absolute atomic E-state index is 0.133. The van der Waals surface area contributed by atoms with Gasteiger partial charge in [0.2, 0.25) is 0 Å². The molecular weight excluding hydrogens is 683 g/mol. The number of carbonyl (C=O) groups is 4. The molecule has 0 spiro atoms. The molecule has 0 unspecified atom stereocenters. The number of fused-ring (bicyclic) bond motifs is 2. The van der Waals surface area contributed by atoms with Crippen LogP contribution < -0.4 is 0 Å². The highest BCUT2D eigenvalue weighted by Crippen LogP contribution is 2.49. The van der Waals surface area contributed by atoms with Crippen LogP contribution in [0.1, 0.15) is 162 Å². The van der Waals surface area contributed by atoms with Gasteiger partial charge in [-0.2, -0.15) is 5.26 Å². The molecule has 2 saturated carbocycles. The summed E-state index contributed by atoms with van der Waals surface area (Å²) in [6.07, 6.45) is 13.6. The van der Waals surface area contributed by atoms with Gasteiger partial charge in [-0.25, -0.2) is 0 Å². The van der Waals surface area contributed by atoms with Gasteiger partial charge in [0.15, 0.2) is 0 Å². The summed E-state index contributed by atoms with van der Waals surface area (Å²) in [6.45, 7) is 2.13. The van der Waals surface area contributed by atoms with Gasteiger partial charge < -0.3 is 0 Å². The molecule has 4 amide bonds. The van der Waals surface area contributed by atoms with E-state index in [1.54, 1.807) is 0 Å². The summed E-state index contributed by atoms with van der Waals surface area (Å²) in [4.78, 5) is 61.1. The topological polar surface area (TPSA) is 98.6 Å². The molecule has 0 bridgehead atoms. The Kier molecular flexibility index (Phi) is 9.02. The summed E-state index contributed by atoms with van der Waals surface area (Å²) in [7, 11) is 0. The molecule has 7 heteroatoms. The van der Waals surface area contributed by atoms with Crippen molar-refractivity contribution in [3.8, 4) is 29.8 Å². The molecule has 9 rings (SSSR count). The maximum absolute atomic E-state index is 14.6. The first-order chi connectivity index (χ1) is 26.9. The Hall–Kier alpha value is -5.71. The molecule has 0 radical (unpaired) electrons. The first kappa shape index (κ1) is 35.0. The summed E-state index contributed by atoms with van der Waals surface area (Å²) in [5, 5.41) is 15.2. The fraction of sp³-hybridized carbons (Fsp3) is 0.396. The minimum atomic E-state index is -0.282. The van der Waals surface area contributed by atoms with Crippen molar-refractivity contribution in [1.82, 2.24) is 9.80 Å². The van der Waals surface area contributed by atoms with Crippen molar-refractivity contribution in [3.63, 3.8) is 0 Å². The van der Waals surface area contributed by atoms with Crippen LogP contribution in [0.25, 0.3) is 43.1 Å². The van der Waals surface area contributed by atoms with Gasteiger partial charge >= 0.3 is 0 Å². The zero-order chi connectivity index (χ0) is 37.8. The van der Waals surface area contributed by atoms with Gasteiger partial charge in [-0.15, -0.1) is 0 Å². The second-order valence-corrected chi connectivity index (χ2v) is 15.8. The van der Waals surface area contributed by atoms with Gasteiger partial charge in [0.05, 0.1) is 6.07 Å². The molecule has 0 aromatic heterocycles. The van der Waals surface area contributed by atoms with Crippen LogP contribution in [0.5, 0.6) is 0 Å². The Labute approximate surface area is 321 Å². The second-order valence-electron chi connectivity index (χ2n) is 15.8. The van der Waals surface area contributed by atoms with Crippen LogP contribution in [-0.4, -0.2) is 45.5 Å². The number of nitriles is 1. The van der Waals surface area contributed by atoms with Gasteiger partial charge in [-0.05, 0) is 73.6 Å². The SMILES string of the molecule is CCCCC#Cc1cc2c3c(ccc4c5c(C#CCCCC#N)cc6c7c(ccc(c1c34)c75)C(=O)N(C1CCCCC1)C6=O)C(=O)N(C1CCCCC1)C2=O. The van der Waals surface area contributed by atoms with E-state index in [0.717, 1.165) is 109 Å². The maximum Gasteiger partial charge on any atom is 0.261 e. The number of carbonyl (C=O) groups excluding carboxylic acids is 4.